The third-order valence-electron chi connectivity index (χ3n) is 3.42. The fourth-order valence-corrected chi connectivity index (χ4v) is 2.84. The third kappa shape index (κ3) is 4.01. The molecular formula is C16H17N3O4S. The van der Waals surface area contributed by atoms with E-state index in [1.54, 1.807) is 0 Å². The number of nitrogens with one attached hydrogen (secondary N) is 2. The molecule has 1 aromatic carbocycles. The van der Waals surface area contributed by atoms with Gasteiger partial charge in [0.15, 0.2) is 0 Å². The van der Waals surface area contributed by atoms with Gasteiger partial charge in [0.05, 0.1) is 11.6 Å². The second kappa shape index (κ2) is 7.29. The van der Waals surface area contributed by atoms with E-state index < -0.39 is 22.0 Å². The lowest BCUT2D eigenvalue weighted by Gasteiger charge is -2.11. The summed E-state index contributed by atoms with van der Waals surface area (Å²) >= 11 is 0. The zero-order valence-corrected chi connectivity index (χ0v) is 14.1. The number of amides is 1. The van der Waals surface area contributed by atoms with Gasteiger partial charge in [-0.05, 0) is 19.5 Å². The van der Waals surface area contributed by atoms with E-state index in [4.69, 9.17) is 4.42 Å². The van der Waals surface area contributed by atoms with Gasteiger partial charge >= 0.3 is 0 Å². The maximum absolute atomic E-state index is 12.3. The lowest BCUT2D eigenvalue weighted by Crippen LogP contribution is -2.35. The first-order valence-corrected chi connectivity index (χ1v) is 8.64. The van der Waals surface area contributed by atoms with Gasteiger partial charge in [0.1, 0.15) is 11.8 Å². The Balaban J connectivity index is 2.16. The number of rotatable bonds is 6. The Morgan fingerprint density at radius 3 is 2.58 bits per heavy atom. The van der Waals surface area contributed by atoms with Crippen LogP contribution in [0.15, 0.2) is 45.9 Å². The zero-order chi connectivity index (χ0) is 17.7. The van der Waals surface area contributed by atoms with E-state index >= 15 is 0 Å². The van der Waals surface area contributed by atoms with Gasteiger partial charge in [-0.15, -0.1) is 0 Å². The first kappa shape index (κ1) is 17.7. The second-order valence-electron chi connectivity index (χ2n) is 5.09. The molecule has 24 heavy (non-hydrogen) atoms. The molecule has 1 amide bonds. The van der Waals surface area contributed by atoms with Crippen LogP contribution in [-0.4, -0.2) is 27.4 Å². The maximum atomic E-state index is 12.3. The van der Waals surface area contributed by atoms with Crippen LogP contribution < -0.4 is 10.0 Å². The summed E-state index contributed by atoms with van der Waals surface area (Å²) in [6, 6.07) is 11.7. The van der Waals surface area contributed by atoms with Gasteiger partial charge < -0.3 is 9.73 Å². The van der Waals surface area contributed by atoms with Crippen molar-refractivity contribution in [2.45, 2.75) is 24.5 Å². The van der Waals surface area contributed by atoms with Gasteiger partial charge in [0.25, 0.3) is 15.9 Å². The van der Waals surface area contributed by atoms with Crippen molar-refractivity contribution in [1.29, 1.82) is 5.26 Å². The van der Waals surface area contributed by atoms with E-state index in [9.17, 15) is 18.5 Å². The number of aryl methyl sites for hydroxylation is 1. The number of carbonyl (C=O) groups is 1. The molecule has 1 unspecified atom stereocenters. The molecule has 1 aromatic heterocycles. The van der Waals surface area contributed by atoms with Gasteiger partial charge in [0.2, 0.25) is 5.09 Å². The Hall–Kier alpha value is -2.63. The number of hydrogen-bond donors (Lipinski definition) is 2. The Morgan fingerprint density at radius 2 is 2.00 bits per heavy atom. The molecule has 0 saturated heterocycles. The average Bonchev–Trinajstić information content (AvgIpc) is 2.98. The minimum atomic E-state index is -3.78. The van der Waals surface area contributed by atoms with Crippen LogP contribution in [-0.2, 0) is 16.4 Å². The fourth-order valence-electron chi connectivity index (χ4n) is 2.13. The van der Waals surface area contributed by atoms with Crippen LogP contribution in [0.5, 0.6) is 0 Å². The van der Waals surface area contributed by atoms with E-state index in [1.807, 2.05) is 36.4 Å². The molecule has 0 bridgehead atoms. The number of sulfonamides is 1. The van der Waals surface area contributed by atoms with Gasteiger partial charge in [-0.25, -0.2) is 13.1 Å². The predicted octanol–water partition coefficient (Wildman–Crippen LogP) is 1.36. The Labute approximate surface area is 140 Å². The molecule has 2 rings (SSSR count). The number of carbonyl (C=O) groups excluding carboxylic acids is 1. The van der Waals surface area contributed by atoms with Crippen molar-refractivity contribution in [3.8, 4) is 6.07 Å². The molecule has 1 heterocycles. The van der Waals surface area contributed by atoms with E-state index in [1.165, 1.54) is 14.0 Å². The van der Waals surface area contributed by atoms with Crippen molar-refractivity contribution >= 4 is 15.9 Å². The van der Waals surface area contributed by atoms with Crippen molar-refractivity contribution in [3.05, 3.63) is 53.3 Å². The van der Waals surface area contributed by atoms with Crippen molar-refractivity contribution in [2.24, 2.45) is 0 Å². The van der Waals surface area contributed by atoms with E-state index in [-0.39, 0.29) is 16.4 Å². The predicted molar refractivity (Wildman–Crippen MR) is 86.7 cm³/mol. The number of hydrogen-bond acceptors (Lipinski definition) is 5. The summed E-state index contributed by atoms with van der Waals surface area (Å²) in [4.78, 5) is 12.3. The first-order chi connectivity index (χ1) is 11.4. The van der Waals surface area contributed by atoms with Crippen LogP contribution in [0.2, 0.25) is 0 Å². The van der Waals surface area contributed by atoms with Crippen molar-refractivity contribution in [2.75, 3.05) is 7.05 Å². The standard InChI is InChI=1S/C16H17N3O4S/c1-11-14(9-15(23-11)24(21,22)18-2)16(20)19-13(10-17)8-12-6-4-3-5-7-12/h3-7,9,13,18H,8H2,1-2H3,(H,19,20). The van der Waals surface area contributed by atoms with Gasteiger partial charge in [0, 0.05) is 12.5 Å². The van der Waals surface area contributed by atoms with E-state index in [0.29, 0.717) is 6.42 Å². The van der Waals surface area contributed by atoms with Gasteiger partial charge in [-0.3, -0.25) is 4.79 Å². The van der Waals surface area contributed by atoms with Crippen molar-refractivity contribution < 1.29 is 17.6 Å². The zero-order valence-electron chi connectivity index (χ0n) is 13.2. The normalized spacial score (nSPS) is 12.4. The second-order valence-corrected chi connectivity index (χ2v) is 6.91. The van der Waals surface area contributed by atoms with E-state index in [2.05, 4.69) is 10.0 Å². The minimum Gasteiger partial charge on any atom is -0.448 e. The number of furan rings is 1. The van der Waals surface area contributed by atoms with Crippen LogP contribution in [0.3, 0.4) is 0 Å². The van der Waals surface area contributed by atoms with Gasteiger partial charge in [-0.1, -0.05) is 30.3 Å². The molecule has 7 nitrogen and oxygen atoms in total. The highest BCUT2D eigenvalue weighted by atomic mass is 32.2. The first-order valence-electron chi connectivity index (χ1n) is 7.15. The number of nitrogens with zero attached hydrogens (tertiary/aromatic N) is 1. The quantitative estimate of drug-likeness (QED) is 0.819. The Bertz CT molecular complexity index is 866. The van der Waals surface area contributed by atoms with Crippen LogP contribution in [0, 0.1) is 18.3 Å². The molecule has 0 radical (unpaired) electrons. The van der Waals surface area contributed by atoms with Crippen LogP contribution in [0.25, 0.3) is 0 Å². The molecule has 0 spiro atoms. The third-order valence-corrected chi connectivity index (χ3v) is 4.69. The molecule has 0 aliphatic heterocycles. The summed E-state index contributed by atoms with van der Waals surface area (Å²) in [6.07, 6.45) is 0.349. The molecule has 2 N–H and O–H groups in total. The molecule has 126 valence electrons. The highest BCUT2D eigenvalue weighted by Gasteiger charge is 2.24. The smallest absolute Gasteiger partial charge is 0.273 e. The number of nitriles is 1. The monoisotopic (exact) mass is 347 g/mol. The van der Waals surface area contributed by atoms with Crippen molar-refractivity contribution in [1.82, 2.24) is 10.0 Å². The molecule has 8 heteroatoms. The molecular weight excluding hydrogens is 330 g/mol. The molecule has 0 saturated carbocycles. The minimum absolute atomic E-state index is 0.0807. The average molecular weight is 347 g/mol. The summed E-state index contributed by atoms with van der Waals surface area (Å²) in [5.74, 6) is -0.394. The topological polar surface area (TPSA) is 112 Å². The highest BCUT2D eigenvalue weighted by Crippen LogP contribution is 2.19. The fraction of sp³-hybridized carbons (Fsp3) is 0.250. The van der Waals surface area contributed by atoms with Crippen LogP contribution in [0.4, 0.5) is 0 Å². The highest BCUT2D eigenvalue weighted by molar-refractivity contribution is 7.89. The van der Waals surface area contributed by atoms with Crippen molar-refractivity contribution in [3.63, 3.8) is 0 Å². The van der Waals surface area contributed by atoms with Crippen LogP contribution in [0.1, 0.15) is 21.7 Å². The molecule has 1 atom stereocenters. The summed E-state index contributed by atoms with van der Waals surface area (Å²) in [5.41, 5.74) is 0.990. The molecule has 0 aliphatic rings. The summed E-state index contributed by atoms with van der Waals surface area (Å²) in [6.45, 7) is 1.49. The summed E-state index contributed by atoms with van der Waals surface area (Å²) < 4.78 is 30.7. The lowest BCUT2D eigenvalue weighted by atomic mass is 10.1. The Morgan fingerprint density at radius 1 is 1.33 bits per heavy atom. The van der Waals surface area contributed by atoms with E-state index in [0.717, 1.165) is 11.6 Å². The lowest BCUT2D eigenvalue weighted by molar-refractivity contribution is 0.0944. The number of benzene rings is 1. The largest absolute Gasteiger partial charge is 0.448 e. The molecule has 0 fully saturated rings. The maximum Gasteiger partial charge on any atom is 0.273 e. The summed E-state index contributed by atoms with van der Waals surface area (Å²) in [5, 5.41) is 11.5. The van der Waals surface area contributed by atoms with Gasteiger partial charge in [-0.2, -0.15) is 5.26 Å². The molecule has 0 aliphatic carbocycles. The molecule has 2 aromatic rings. The SMILES string of the molecule is CNS(=O)(=O)c1cc(C(=O)NC(C#N)Cc2ccccc2)c(C)o1. The van der Waals surface area contributed by atoms with Crippen LogP contribution >= 0.6 is 0 Å². The summed E-state index contributed by atoms with van der Waals surface area (Å²) in [7, 11) is -2.53. The Kier molecular flexibility index (Phi) is 5.39.